The summed E-state index contributed by atoms with van der Waals surface area (Å²) in [6.07, 6.45) is 0. The lowest BCUT2D eigenvalue weighted by Gasteiger charge is -2.21. The number of nitrogens with one attached hydrogen (secondary N) is 1. The van der Waals surface area contributed by atoms with E-state index in [0.29, 0.717) is 5.75 Å². The predicted molar refractivity (Wildman–Crippen MR) is 84.5 cm³/mol. The molecule has 1 N–H and O–H groups in total. The van der Waals surface area contributed by atoms with Gasteiger partial charge in [0, 0.05) is 10.0 Å². The topological polar surface area (TPSA) is 30.5 Å². The Bertz CT molecular complexity index is 634. The summed E-state index contributed by atoms with van der Waals surface area (Å²) in [4.78, 5) is 0. The molecule has 0 fully saturated rings. The van der Waals surface area contributed by atoms with Crippen LogP contribution in [0.15, 0.2) is 40.9 Å². The predicted octanol–water partition coefficient (Wildman–Crippen LogP) is 3.91. The molecule has 21 heavy (non-hydrogen) atoms. The van der Waals surface area contributed by atoms with Crippen molar-refractivity contribution < 1.29 is 13.9 Å². The van der Waals surface area contributed by atoms with E-state index in [-0.39, 0.29) is 11.9 Å². The molecule has 0 aliphatic rings. The van der Waals surface area contributed by atoms with Gasteiger partial charge in [0.15, 0.2) is 0 Å². The molecule has 0 heterocycles. The second-order valence-corrected chi connectivity index (χ2v) is 5.35. The Kier molecular flexibility index (Phi) is 5.20. The van der Waals surface area contributed by atoms with E-state index in [1.54, 1.807) is 20.3 Å². The van der Waals surface area contributed by atoms with Crippen molar-refractivity contribution in [1.29, 1.82) is 0 Å². The first kappa shape index (κ1) is 15.8. The molecule has 0 spiro atoms. The van der Waals surface area contributed by atoms with Crippen LogP contribution in [-0.4, -0.2) is 21.3 Å². The summed E-state index contributed by atoms with van der Waals surface area (Å²) in [5, 5.41) is 3.20. The van der Waals surface area contributed by atoms with E-state index < -0.39 is 0 Å². The highest BCUT2D eigenvalue weighted by molar-refractivity contribution is 9.10. The Hall–Kier alpha value is -1.59. The summed E-state index contributed by atoms with van der Waals surface area (Å²) in [5.74, 6) is 1.15. The molecule has 5 heteroatoms. The van der Waals surface area contributed by atoms with Crippen molar-refractivity contribution in [3.8, 4) is 11.5 Å². The largest absolute Gasteiger partial charge is 0.497 e. The fourth-order valence-electron chi connectivity index (χ4n) is 2.28. The van der Waals surface area contributed by atoms with Crippen LogP contribution in [0, 0.1) is 5.82 Å². The molecule has 1 unspecified atom stereocenters. The molecule has 0 saturated carbocycles. The first-order valence-corrected chi connectivity index (χ1v) is 7.24. The van der Waals surface area contributed by atoms with Crippen LogP contribution < -0.4 is 14.8 Å². The molecule has 0 aliphatic heterocycles. The van der Waals surface area contributed by atoms with Crippen molar-refractivity contribution in [1.82, 2.24) is 5.32 Å². The smallest absolute Gasteiger partial charge is 0.124 e. The van der Waals surface area contributed by atoms with Crippen molar-refractivity contribution in [2.45, 2.75) is 6.04 Å². The Balaban J connectivity index is 2.57. The van der Waals surface area contributed by atoms with Crippen molar-refractivity contribution in [2.75, 3.05) is 21.3 Å². The normalized spacial score (nSPS) is 12.0. The lowest BCUT2D eigenvalue weighted by molar-refractivity contribution is 0.395. The standard InChI is InChI=1S/C16H17BrFNO2/c1-19-16(12-8-10(18)4-6-14(12)17)13-9-11(20-2)5-7-15(13)21-3/h4-9,16,19H,1-3H3. The molecular weight excluding hydrogens is 337 g/mol. The molecule has 0 bridgehead atoms. The lowest BCUT2D eigenvalue weighted by Crippen LogP contribution is -2.19. The number of methoxy groups -OCH3 is 2. The van der Waals surface area contributed by atoms with Crippen LogP contribution in [0.2, 0.25) is 0 Å². The van der Waals surface area contributed by atoms with Gasteiger partial charge >= 0.3 is 0 Å². The van der Waals surface area contributed by atoms with E-state index in [4.69, 9.17) is 9.47 Å². The van der Waals surface area contributed by atoms with Gasteiger partial charge in [-0.15, -0.1) is 0 Å². The maximum atomic E-state index is 13.6. The zero-order valence-corrected chi connectivity index (χ0v) is 13.7. The number of halogens is 2. The molecular formula is C16H17BrFNO2. The van der Waals surface area contributed by atoms with E-state index in [0.717, 1.165) is 21.3 Å². The third kappa shape index (κ3) is 3.36. The fraction of sp³-hybridized carbons (Fsp3) is 0.250. The van der Waals surface area contributed by atoms with Crippen molar-refractivity contribution >= 4 is 15.9 Å². The molecule has 2 aromatic carbocycles. The van der Waals surface area contributed by atoms with Gasteiger partial charge in [0.25, 0.3) is 0 Å². The van der Waals surface area contributed by atoms with Crippen molar-refractivity contribution in [3.63, 3.8) is 0 Å². The van der Waals surface area contributed by atoms with E-state index in [2.05, 4.69) is 21.2 Å². The molecule has 1 atom stereocenters. The Morgan fingerprint density at radius 1 is 1.05 bits per heavy atom. The molecule has 2 rings (SSSR count). The summed E-state index contributed by atoms with van der Waals surface area (Å²) in [7, 11) is 5.04. The number of hydrogen-bond donors (Lipinski definition) is 1. The molecule has 0 aliphatic carbocycles. The minimum absolute atomic E-state index is 0.222. The highest BCUT2D eigenvalue weighted by Gasteiger charge is 2.20. The first-order chi connectivity index (χ1) is 10.1. The molecule has 0 saturated heterocycles. The summed E-state index contributed by atoms with van der Waals surface area (Å²) < 4.78 is 25.1. The Morgan fingerprint density at radius 2 is 1.81 bits per heavy atom. The van der Waals surface area contributed by atoms with Gasteiger partial charge in [-0.1, -0.05) is 15.9 Å². The first-order valence-electron chi connectivity index (χ1n) is 6.44. The van der Waals surface area contributed by atoms with Crippen molar-refractivity contribution in [3.05, 3.63) is 57.8 Å². The number of hydrogen-bond acceptors (Lipinski definition) is 3. The van der Waals surface area contributed by atoms with Crippen LogP contribution in [-0.2, 0) is 0 Å². The van der Waals surface area contributed by atoms with Crippen LogP contribution in [0.1, 0.15) is 17.2 Å². The zero-order valence-electron chi connectivity index (χ0n) is 12.1. The second-order valence-electron chi connectivity index (χ2n) is 4.50. The summed E-state index contributed by atoms with van der Waals surface area (Å²) in [6, 6.07) is 9.95. The van der Waals surface area contributed by atoms with Gasteiger partial charge in [-0.3, -0.25) is 0 Å². The van der Waals surface area contributed by atoms with E-state index in [1.165, 1.54) is 12.1 Å². The van der Waals surface area contributed by atoms with Crippen LogP contribution in [0.4, 0.5) is 4.39 Å². The summed E-state index contributed by atoms with van der Waals surface area (Å²) in [5.41, 5.74) is 1.68. The monoisotopic (exact) mass is 353 g/mol. The molecule has 112 valence electrons. The average Bonchev–Trinajstić information content (AvgIpc) is 2.51. The van der Waals surface area contributed by atoms with Crippen LogP contribution in [0.25, 0.3) is 0 Å². The van der Waals surface area contributed by atoms with Gasteiger partial charge in [0.1, 0.15) is 17.3 Å². The van der Waals surface area contributed by atoms with Crippen LogP contribution in [0.3, 0.4) is 0 Å². The number of rotatable bonds is 5. The van der Waals surface area contributed by atoms with Gasteiger partial charge in [0.2, 0.25) is 0 Å². The fourth-order valence-corrected chi connectivity index (χ4v) is 2.75. The summed E-state index contributed by atoms with van der Waals surface area (Å²) in [6.45, 7) is 0. The van der Waals surface area contributed by atoms with Gasteiger partial charge in [0.05, 0.1) is 20.3 Å². The van der Waals surface area contributed by atoms with Crippen molar-refractivity contribution in [2.24, 2.45) is 0 Å². The van der Waals surface area contributed by atoms with E-state index in [1.807, 2.05) is 25.2 Å². The molecule has 2 aromatic rings. The van der Waals surface area contributed by atoms with Gasteiger partial charge < -0.3 is 14.8 Å². The highest BCUT2D eigenvalue weighted by Crippen LogP contribution is 2.36. The summed E-state index contributed by atoms with van der Waals surface area (Å²) >= 11 is 3.47. The zero-order chi connectivity index (χ0) is 15.4. The highest BCUT2D eigenvalue weighted by atomic mass is 79.9. The van der Waals surface area contributed by atoms with Gasteiger partial charge in [-0.2, -0.15) is 0 Å². The lowest BCUT2D eigenvalue weighted by atomic mass is 9.97. The minimum atomic E-state index is -0.282. The third-order valence-corrected chi connectivity index (χ3v) is 4.03. The molecule has 0 amide bonds. The SMILES string of the molecule is CNC(c1cc(F)ccc1Br)c1cc(OC)ccc1OC. The van der Waals surface area contributed by atoms with E-state index >= 15 is 0 Å². The Labute approximate surface area is 132 Å². The molecule has 0 radical (unpaired) electrons. The molecule has 0 aromatic heterocycles. The average molecular weight is 354 g/mol. The number of benzene rings is 2. The number of ether oxygens (including phenoxy) is 2. The van der Waals surface area contributed by atoms with Crippen LogP contribution >= 0.6 is 15.9 Å². The third-order valence-electron chi connectivity index (χ3n) is 3.31. The van der Waals surface area contributed by atoms with Crippen LogP contribution in [0.5, 0.6) is 11.5 Å². The minimum Gasteiger partial charge on any atom is -0.497 e. The maximum absolute atomic E-state index is 13.6. The van der Waals surface area contributed by atoms with Gasteiger partial charge in [-0.25, -0.2) is 4.39 Å². The van der Waals surface area contributed by atoms with E-state index in [9.17, 15) is 4.39 Å². The second kappa shape index (κ2) is 6.91. The molecule has 3 nitrogen and oxygen atoms in total. The Morgan fingerprint density at radius 3 is 2.43 bits per heavy atom. The van der Waals surface area contributed by atoms with Gasteiger partial charge in [-0.05, 0) is 49.0 Å². The quantitative estimate of drug-likeness (QED) is 0.883. The maximum Gasteiger partial charge on any atom is 0.124 e.